The van der Waals surface area contributed by atoms with Crippen LogP contribution in [-0.2, 0) is 13.1 Å². The number of aromatic nitrogens is 2. The van der Waals surface area contributed by atoms with E-state index in [-0.39, 0.29) is 6.10 Å². The molecule has 0 unspecified atom stereocenters. The van der Waals surface area contributed by atoms with E-state index in [0.717, 1.165) is 35.8 Å². The fourth-order valence-electron chi connectivity index (χ4n) is 3.32. The zero-order valence-corrected chi connectivity index (χ0v) is 17.3. The number of rotatable bonds is 6. The van der Waals surface area contributed by atoms with E-state index in [2.05, 4.69) is 32.5 Å². The average Bonchev–Trinajstić information content (AvgIpc) is 3.02. The van der Waals surface area contributed by atoms with E-state index in [4.69, 9.17) is 9.15 Å². The van der Waals surface area contributed by atoms with Crippen molar-refractivity contribution in [2.45, 2.75) is 65.6 Å². The molecule has 3 rings (SSSR count). The van der Waals surface area contributed by atoms with Crippen LogP contribution in [0.25, 0.3) is 0 Å². The average molecular weight is 386 g/mol. The highest BCUT2D eigenvalue weighted by atomic mass is 16.5. The van der Waals surface area contributed by atoms with Crippen LogP contribution in [0.3, 0.4) is 0 Å². The number of hydrogen-bond donors (Lipinski definition) is 2. The Kier molecular flexibility index (Phi) is 6.90. The Morgan fingerprint density at radius 2 is 1.96 bits per heavy atom. The standard InChI is InChI=1S/C21H31N5O2/c1-14-5-7-18(8-6-14)28-19-11-17(9-10-23-19)12-24-21(22-4)25-13-20-26-15(2)16(3)27-20/h9-11,14,18H,5-8,12-13H2,1-4H3,(H2,22,24,25). The Balaban J connectivity index is 1.48. The summed E-state index contributed by atoms with van der Waals surface area (Å²) in [6.07, 6.45) is 6.78. The molecular weight excluding hydrogens is 354 g/mol. The van der Waals surface area contributed by atoms with Crippen LogP contribution in [-0.4, -0.2) is 29.1 Å². The molecule has 28 heavy (non-hydrogen) atoms. The van der Waals surface area contributed by atoms with Crippen molar-refractivity contribution in [2.75, 3.05) is 7.05 Å². The van der Waals surface area contributed by atoms with Gasteiger partial charge in [-0.25, -0.2) is 9.97 Å². The fourth-order valence-corrected chi connectivity index (χ4v) is 3.32. The Morgan fingerprint density at radius 1 is 1.21 bits per heavy atom. The summed E-state index contributed by atoms with van der Waals surface area (Å²) in [6, 6.07) is 3.98. The van der Waals surface area contributed by atoms with Crippen molar-refractivity contribution in [1.29, 1.82) is 0 Å². The van der Waals surface area contributed by atoms with E-state index in [1.54, 1.807) is 13.2 Å². The van der Waals surface area contributed by atoms with Crippen molar-refractivity contribution < 1.29 is 9.15 Å². The molecule has 7 nitrogen and oxygen atoms in total. The number of hydrogen-bond acceptors (Lipinski definition) is 5. The van der Waals surface area contributed by atoms with Gasteiger partial charge in [-0.15, -0.1) is 0 Å². The lowest BCUT2D eigenvalue weighted by atomic mass is 9.89. The van der Waals surface area contributed by atoms with Crippen molar-refractivity contribution in [3.63, 3.8) is 0 Å². The van der Waals surface area contributed by atoms with Gasteiger partial charge in [0.15, 0.2) is 5.96 Å². The van der Waals surface area contributed by atoms with Gasteiger partial charge in [0.05, 0.1) is 12.2 Å². The molecule has 2 aromatic rings. The smallest absolute Gasteiger partial charge is 0.214 e. The van der Waals surface area contributed by atoms with Crippen LogP contribution >= 0.6 is 0 Å². The van der Waals surface area contributed by atoms with Gasteiger partial charge < -0.3 is 19.8 Å². The zero-order chi connectivity index (χ0) is 19.9. The minimum atomic E-state index is 0.286. The molecule has 0 spiro atoms. The number of oxazole rings is 1. The monoisotopic (exact) mass is 385 g/mol. The van der Waals surface area contributed by atoms with E-state index < -0.39 is 0 Å². The maximum absolute atomic E-state index is 6.09. The summed E-state index contributed by atoms with van der Waals surface area (Å²) in [5.74, 6) is 3.70. The van der Waals surface area contributed by atoms with Gasteiger partial charge in [-0.3, -0.25) is 4.99 Å². The van der Waals surface area contributed by atoms with Crippen LogP contribution in [0.15, 0.2) is 27.7 Å². The van der Waals surface area contributed by atoms with Crippen LogP contribution in [0.2, 0.25) is 0 Å². The number of guanidine groups is 1. The van der Waals surface area contributed by atoms with Crippen LogP contribution in [0.5, 0.6) is 5.88 Å². The molecule has 0 radical (unpaired) electrons. The van der Waals surface area contributed by atoms with Gasteiger partial charge >= 0.3 is 0 Å². The molecular formula is C21H31N5O2. The maximum Gasteiger partial charge on any atom is 0.214 e. The molecule has 0 aromatic carbocycles. The molecule has 0 atom stereocenters. The second-order valence-corrected chi connectivity index (χ2v) is 7.53. The summed E-state index contributed by atoms with van der Waals surface area (Å²) in [7, 11) is 1.74. The van der Waals surface area contributed by atoms with Crippen molar-refractivity contribution in [1.82, 2.24) is 20.6 Å². The molecule has 0 saturated heterocycles. The molecule has 7 heteroatoms. The van der Waals surface area contributed by atoms with E-state index in [0.29, 0.717) is 30.8 Å². The molecule has 1 aliphatic carbocycles. The maximum atomic E-state index is 6.09. The van der Waals surface area contributed by atoms with Crippen molar-refractivity contribution in [3.05, 3.63) is 41.2 Å². The SMILES string of the molecule is CN=C(NCc1ccnc(OC2CCC(C)CC2)c1)NCc1nc(C)c(C)o1. The molecule has 1 aliphatic rings. The predicted molar refractivity (Wildman–Crippen MR) is 109 cm³/mol. The molecule has 2 aromatic heterocycles. The lowest BCUT2D eigenvalue weighted by molar-refractivity contribution is 0.130. The molecule has 2 N–H and O–H groups in total. The van der Waals surface area contributed by atoms with Gasteiger partial charge in [0, 0.05) is 25.9 Å². The van der Waals surface area contributed by atoms with Gasteiger partial charge in [-0.1, -0.05) is 6.92 Å². The van der Waals surface area contributed by atoms with Gasteiger partial charge in [-0.05, 0) is 57.1 Å². The number of pyridine rings is 1. The van der Waals surface area contributed by atoms with Crippen LogP contribution < -0.4 is 15.4 Å². The zero-order valence-electron chi connectivity index (χ0n) is 17.3. The second kappa shape index (κ2) is 9.57. The van der Waals surface area contributed by atoms with Crippen LogP contribution in [0.1, 0.15) is 55.5 Å². The summed E-state index contributed by atoms with van der Waals surface area (Å²) in [5, 5.41) is 6.52. The van der Waals surface area contributed by atoms with Gasteiger partial charge in [0.2, 0.25) is 11.8 Å². The Bertz CT molecular complexity index is 774. The van der Waals surface area contributed by atoms with Crippen molar-refractivity contribution in [3.8, 4) is 5.88 Å². The third-order valence-electron chi connectivity index (χ3n) is 5.21. The number of nitrogens with zero attached hydrogens (tertiary/aromatic N) is 3. The van der Waals surface area contributed by atoms with Crippen molar-refractivity contribution in [2.24, 2.45) is 10.9 Å². The second-order valence-electron chi connectivity index (χ2n) is 7.53. The topological polar surface area (TPSA) is 84.6 Å². The molecule has 1 fully saturated rings. The summed E-state index contributed by atoms with van der Waals surface area (Å²) in [4.78, 5) is 13.0. The van der Waals surface area contributed by atoms with Gasteiger partial charge in [0.25, 0.3) is 0 Å². The molecule has 2 heterocycles. The van der Waals surface area contributed by atoms with E-state index in [1.807, 2.05) is 26.0 Å². The summed E-state index contributed by atoms with van der Waals surface area (Å²) >= 11 is 0. The normalized spacial score (nSPS) is 20.1. The van der Waals surface area contributed by atoms with Gasteiger partial charge in [0.1, 0.15) is 11.9 Å². The van der Waals surface area contributed by atoms with Gasteiger partial charge in [-0.2, -0.15) is 0 Å². The fraction of sp³-hybridized carbons (Fsp3) is 0.571. The van der Waals surface area contributed by atoms with E-state index in [1.165, 1.54) is 12.8 Å². The molecule has 0 amide bonds. The third-order valence-corrected chi connectivity index (χ3v) is 5.21. The first-order valence-corrected chi connectivity index (χ1v) is 10.0. The Morgan fingerprint density at radius 3 is 2.64 bits per heavy atom. The highest BCUT2D eigenvalue weighted by molar-refractivity contribution is 5.79. The van der Waals surface area contributed by atoms with Crippen molar-refractivity contribution >= 4 is 5.96 Å². The summed E-state index contributed by atoms with van der Waals surface area (Å²) in [5.41, 5.74) is 2.01. The first-order chi connectivity index (χ1) is 13.5. The number of aryl methyl sites for hydroxylation is 2. The largest absolute Gasteiger partial charge is 0.474 e. The van der Waals surface area contributed by atoms with E-state index in [9.17, 15) is 0 Å². The predicted octanol–water partition coefficient (Wildman–Crippen LogP) is 3.51. The Labute approximate surface area is 167 Å². The first-order valence-electron chi connectivity index (χ1n) is 10.0. The number of ether oxygens (including phenoxy) is 1. The number of aliphatic imine (C=N–C) groups is 1. The molecule has 1 saturated carbocycles. The molecule has 0 bridgehead atoms. The minimum Gasteiger partial charge on any atom is -0.474 e. The summed E-state index contributed by atoms with van der Waals surface area (Å²) in [6.45, 7) is 7.28. The quantitative estimate of drug-likeness (QED) is 0.585. The first kappa shape index (κ1) is 20.2. The van der Waals surface area contributed by atoms with Crippen LogP contribution in [0, 0.1) is 19.8 Å². The van der Waals surface area contributed by atoms with Crippen LogP contribution in [0.4, 0.5) is 0 Å². The third kappa shape index (κ3) is 5.71. The highest BCUT2D eigenvalue weighted by Crippen LogP contribution is 2.26. The molecule has 0 aliphatic heterocycles. The minimum absolute atomic E-state index is 0.286. The Hall–Kier alpha value is -2.57. The summed E-state index contributed by atoms with van der Waals surface area (Å²) < 4.78 is 11.7. The number of nitrogens with one attached hydrogen (secondary N) is 2. The lowest BCUT2D eigenvalue weighted by Crippen LogP contribution is -2.36. The lowest BCUT2D eigenvalue weighted by Gasteiger charge is -2.26. The van der Waals surface area contributed by atoms with E-state index >= 15 is 0 Å². The molecule has 152 valence electrons. The highest BCUT2D eigenvalue weighted by Gasteiger charge is 2.19.